The summed E-state index contributed by atoms with van der Waals surface area (Å²) in [7, 11) is 0. The van der Waals surface area contributed by atoms with Crippen molar-refractivity contribution < 1.29 is 18.7 Å². The van der Waals surface area contributed by atoms with E-state index in [1.54, 1.807) is 6.07 Å². The first-order chi connectivity index (χ1) is 13.1. The van der Waals surface area contributed by atoms with Crippen LogP contribution in [0, 0.1) is 17.3 Å². The number of piperidine rings is 1. The maximum absolute atomic E-state index is 12.8. The minimum Gasteiger partial charge on any atom is -0.472 e. The van der Waals surface area contributed by atoms with E-state index < -0.39 is 0 Å². The van der Waals surface area contributed by atoms with Gasteiger partial charge < -0.3 is 19.4 Å². The molecule has 4 rings (SSSR count). The van der Waals surface area contributed by atoms with E-state index >= 15 is 0 Å². The van der Waals surface area contributed by atoms with Gasteiger partial charge >= 0.3 is 0 Å². The maximum Gasteiger partial charge on any atom is 0.254 e. The number of ether oxygens (including phenoxy) is 1. The van der Waals surface area contributed by atoms with Gasteiger partial charge in [0.25, 0.3) is 5.91 Å². The van der Waals surface area contributed by atoms with Crippen molar-refractivity contribution in [1.82, 2.24) is 10.2 Å². The Morgan fingerprint density at radius 2 is 1.93 bits per heavy atom. The van der Waals surface area contributed by atoms with Gasteiger partial charge in [-0.05, 0) is 62.8 Å². The summed E-state index contributed by atoms with van der Waals surface area (Å²) in [5.74, 6) is 0.887. The average Bonchev–Trinajstić information content (AvgIpc) is 3.21. The molecule has 27 heavy (non-hydrogen) atoms. The van der Waals surface area contributed by atoms with Crippen LogP contribution in [0.15, 0.2) is 23.0 Å². The third-order valence-corrected chi connectivity index (χ3v) is 6.96. The summed E-state index contributed by atoms with van der Waals surface area (Å²) in [6, 6.07) is 1.77. The summed E-state index contributed by atoms with van der Waals surface area (Å²) in [5, 5.41) is 3.07. The fraction of sp³-hybridized carbons (Fsp3) is 0.714. The van der Waals surface area contributed by atoms with Crippen molar-refractivity contribution in [2.75, 3.05) is 26.3 Å². The number of rotatable bonds is 4. The van der Waals surface area contributed by atoms with Gasteiger partial charge in [0.1, 0.15) is 6.26 Å². The number of amides is 2. The number of nitrogens with one attached hydrogen (secondary N) is 1. The van der Waals surface area contributed by atoms with Crippen LogP contribution in [0.25, 0.3) is 0 Å². The highest BCUT2D eigenvalue weighted by Gasteiger charge is 2.48. The van der Waals surface area contributed by atoms with Gasteiger partial charge in [0.05, 0.1) is 11.8 Å². The molecule has 1 atom stereocenters. The molecule has 0 aromatic carbocycles. The second-order valence-corrected chi connectivity index (χ2v) is 8.65. The van der Waals surface area contributed by atoms with Gasteiger partial charge in [-0.3, -0.25) is 9.59 Å². The van der Waals surface area contributed by atoms with Crippen LogP contribution in [0.5, 0.6) is 0 Å². The van der Waals surface area contributed by atoms with E-state index in [1.165, 1.54) is 12.5 Å². The molecule has 1 aromatic heterocycles. The quantitative estimate of drug-likeness (QED) is 0.880. The van der Waals surface area contributed by atoms with E-state index in [-0.39, 0.29) is 17.9 Å². The lowest BCUT2D eigenvalue weighted by Gasteiger charge is -2.50. The van der Waals surface area contributed by atoms with Crippen LogP contribution >= 0.6 is 0 Å². The first kappa shape index (κ1) is 18.5. The summed E-state index contributed by atoms with van der Waals surface area (Å²) in [6.45, 7) is 5.38. The topological polar surface area (TPSA) is 71.8 Å². The number of hydrogen-bond acceptors (Lipinski definition) is 4. The molecule has 0 unspecified atom stereocenters. The molecule has 1 aromatic rings. The Kier molecular flexibility index (Phi) is 5.26. The van der Waals surface area contributed by atoms with Crippen molar-refractivity contribution >= 4 is 11.8 Å². The van der Waals surface area contributed by atoms with Crippen molar-refractivity contribution in [1.29, 1.82) is 0 Å². The van der Waals surface area contributed by atoms with Gasteiger partial charge in [-0.2, -0.15) is 0 Å². The van der Waals surface area contributed by atoms with Gasteiger partial charge in [-0.1, -0.05) is 0 Å². The SMILES string of the molecule is C[C@@H](NC(=O)c1ccoc1)C1CCN(C(=O)C2CC3(CCOCC3)C2)CC1. The number of nitrogens with zero attached hydrogens (tertiary/aromatic N) is 1. The van der Waals surface area contributed by atoms with Crippen LogP contribution in [-0.2, 0) is 9.53 Å². The third kappa shape index (κ3) is 3.91. The second kappa shape index (κ2) is 7.66. The molecule has 2 aliphatic heterocycles. The zero-order valence-corrected chi connectivity index (χ0v) is 16.1. The van der Waals surface area contributed by atoms with Gasteiger partial charge in [0, 0.05) is 38.3 Å². The molecule has 3 fully saturated rings. The lowest BCUT2D eigenvalue weighted by atomic mass is 9.58. The van der Waals surface area contributed by atoms with Gasteiger partial charge in [-0.15, -0.1) is 0 Å². The van der Waals surface area contributed by atoms with E-state index in [1.807, 2.05) is 0 Å². The van der Waals surface area contributed by atoms with E-state index in [4.69, 9.17) is 9.15 Å². The fourth-order valence-corrected chi connectivity index (χ4v) is 5.05. The molecule has 3 heterocycles. The molecule has 1 spiro atoms. The van der Waals surface area contributed by atoms with Gasteiger partial charge in [0.15, 0.2) is 0 Å². The highest BCUT2D eigenvalue weighted by atomic mass is 16.5. The molecule has 148 valence electrons. The van der Waals surface area contributed by atoms with Gasteiger partial charge in [0.2, 0.25) is 5.91 Å². The van der Waals surface area contributed by atoms with Crippen molar-refractivity contribution in [3.05, 3.63) is 24.2 Å². The number of likely N-dealkylation sites (tertiary alicyclic amines) is 1. The summed E-state index contributed by atoms with van der Waals surface area (Å²) in [5.41, 5.74) is 0.949. The van der Waals surface area contributed by atoms with Gasteiger partial charge in [-0.25, -0.2) is 0 Å². The first-order valence-electron chi connectivity index (χ1n) is 10.3. The predicted octanol–water partition coefficient (Wildman–Crippen LogP) is 2.84. The molecule has 1 N–H and O–H groups in total. The van der Waals surface area contributed by atoms with Crippen molar-refractivity contribution in [3.8, 4) is 0 Å². The van der Waals surface area contributed by atoms with E-state index in [9.17, 15) is 9.59 Å². The molecule has 1 aliphatic carbocycles. The summed E-state index contributed by atoms with van der Waals surface area (Å²) in [6.07, 6.45) is 9.20. The minimum absolute atomic E-state index is 0.0917. The van der Waals surface area contributed by atoms with Crippen LogP contribution in [0.3, 0.4) is 0 Å². The van der Waals surface area contributed by atoms with Crippen LogP contribution in [0.1, 0.15) is 55.8 Å². The minimum atomic E-state index is -0.0917. The van der Waals surface area contributed by atoms with Crippen molar-refractivity contribution in [2.45, 2.75) is 51.5 Å². The Morgan fingerprint density at radius 3 is 2.56 bits per heavy atom. The van der Waals surface area contributed by atoms with Crippen molar-refractivity contribution in [2.24, 2.45) is 17.3 Å². The molecule has 0 bridgehead atoms. The molecular weight excluding hydrogens is 344 g/mol. The number of hydrogen-bond donors (Lipinski definition) is 1. The Bertz CT molecular complexity index is 650. The second-order valence-electron chi connectivity index (χ2n) is 8.65. The summed E-state index contributed by atoms with van der Waals surface area (Å²) in [4.78, 5) is 27.1. The van der Waals surface area contributed by atoms with E-state index in [2.05, 4.69) is 17.1 Å². The lowest BCUT2D eigenvalue weighted by molar-refractivity contribution is -0.149. The Morgan fingerprint density at radius 1 is 1.22 bits per heavy atom. The third-order valence-electron chi connectivity index (χ3n) is 6.96. The lowest BCUT2D eigenvalue weighted by Crippen LogP contribution is -2.52. The largest absolute Gasteiger partial charge is 0.472 e. The highest BCUT2D eigenvalue weighted by molar-refractivity contribution is 5.93. The normalized spacial score (nSPS) is 24.4. The molecule has 1 saturated carbocycles. The zero-order valence-electron chi connectivity index (χ0n) is 16.1. The standard InChI is InChI=1S/C21H30N2O4/c1-15(22-19(24)17-4-9-27-14-17)16-2-7-23(8-3-16)20(25)18-12-21(13-18)5-10-26-11-6-21/h4,9,14-16,18H,2-3,5-8,10-13H2,1H3,(H,22,24)/t15-/m1/s1. The average molecular weight is 374 g/mol. The van der Waals surface area contributed by atoms with Crippen LogP contribution in [0.2, 0.25) is 0 Å². The fourth-order valence-electron chi connectivity index (χ4n) is 5.05. The van der Waals surface area contributed by atoms with Crippen LogP contribution in [-0.4, -0.2) is 49.1 Å². The monoisotopic (exact) mass is 374 g/mol. The smallest absolute Gasteiger partial charge is 0.254 e. The van der Waals surface area contributed by atoms with Crippen molar-refractivity contribution in [3.63, 3.8) is 0 Å². The molecular formula is C21H30N2O4. The number of carbonyl (C=O) groups is 2. The van der Waals surface area contributed by atoms with E-state index in [0.29, 0.717) is 22.8 Å². The zero-order chi connectivity index (χ0) is 18.9. The molecule has 6 heteroatoms. The summed E-state index contributed by atoms with van der Waals surface area (Å²) < 4.78 is 10.4. The first-order valence-corrected chi connectivity index (χ1v) is 10.3. The Balaban J connectivity index is 1.22. The Labute approximate surface area is 160 Å². The highest BCUT2D eigenvalue weighted by Crippen LogP contribution is 2.52. The molecule has 2 saturated heterocycles. The number of furan rings is 1. The van der Waals surface area contributed by atoms with Crippen LogP contribution in [0.4, 0.5) is 0 Å². The molecule has 3 aliphatic rings. The number of carbonyl (C=O) groups excluding carboxylic acids is 2. The predicted molar refractivity (Wildman–Crippen MR) is 100 cm³/mol. The Hall–Kier alpha value is -1.82. The molecule has 0 radical (unpaired) electrons. The molecule has 6 nitrogen and oxygen atoms in total. The summed E-state index contributed by atoms with van der Waals surface area (Å²) >= 11 is 0. The molecule has 2 amide bonds. The maximum atomic E-state index is 12.8. The van der Waals surface area contributed by atoms with E-state index in [0.717, 1.165) is 64.8 Å². The van der Waals surface area contributed by atoms with Crippen LogP contribution < -0.4 is 5.32 Å².